The standard InChI is InChI=1S/C30H36F2N8/c1-19-34-29-23(31)15-21(16-26(29)40(19)22-7-5-4-6-8-22)28-24(32)17-33-30(37-28)36-27-10-9-20-18-39(14-13-38(2)3)12-11-25(20)35-27/h9-10,15-17,22H,4-8,11-14,18H2,1-3H3,(H,33,35,36,37). The second-order valence-corrected chi connectivity index (χ2v) is 11.3. The zero-order valence-electron chi connectivity index (χ0n) is 23.4. The van der Waals surface area contributed by atoms with E-state index < -0.39 is 11.6 Å². The van der Waals surface area contributed by atoms with Gasteiger partial charge < -0.3 is 14.8 Å². The summed E-state index contributed by atoms with van der Waals surface area (Å²) < 4.78 is 32.4. The molecule has 1 aliphatic heterocycles. The quantitative estimate of drug-likeness (QED) is 0.321. The third-order valence-electron chi connectivity index (χ3n) is 8.11. The molecule has 1 saturated carbocycles. The SMILES string of the molecule is Cc1nc2c(F)cc(-c3nc(Nc4ccc5c(n4)CCN(CCN(C)C)C5)ncc3F)cc2n1C1CCCCC1. The van der Waals surface area contributed by atoms with Gasteiger partial charge in [-0.2, -0.15) is 0 Å². The van der Waals surface area contributed by atoms with Crippen molar-refractivity contribution in [1.29, 1.82) is 0 Å². The molecule has 1 fully saturated rings. The maximum atomic E-state index is 15.3. The molecule has 4 heterocycles. The summed E-state index contributed by atoms with van der Waals surface area (Å²) in [7, 11) is 4.17. The first-order valence-corrected chi connectivity index (χ1v) is 14.2. The van der Waals surface area contributed by atoms with Gasteiger partial charge in [0.1, 0.15) is 22.9 Å². The smallest absolute Gasteiger partial charge is 0.229 e. The van der Waals surface area contributed by atoms with Gasteiger partial charge in [-0.05, 0) is 57.6 Å². The number of fused-ring (bicyclic) bond motifs is 2. The van der Waals surface area contributed by atoms with Crippen LogP contribution in [0.1, 0.15) is 55.2 Å². The normalized spacial score (nSPS) is 16.6. The molecule has 0 bridgehead atoms. The van der Waals surface area contributed by atoms with Gasteiger partial charge in [0.15, 0.2) is 11.6 Å². The molecule has 0 amide bonds. The van der Waals surface area contributed by atoms with Crippen molar-refractivity contribution in [2.24, 2.45) is 0 Å². The van der Waals surface area contributed by atoms with Crippen LogP contribution in [-0.2, 0) is 13.0 Å². The monoisotopic (exact) mass is 546 g/mol. The predicted molar refractivity (Wildman–Crippen MR) is 153 cm³/mol. The van der Waals surface area contributed by atoms with Gasteiger partial charge in [-0.15, -0.1) is 0 Å². The highest BCUT2D eigenvalue weighted by atomic mass is 19.1. The van der Waals surface area contributed by atoms with Crippen molar-refractivity contribution in [3.05, 3.63) is 59.2 Å². The van der Waals surface area contributed by atoms with Crippen LogP contribution in [0.5, 0.6) is 0 Å². The molecule has 1 N–H and O–H groups in total. The fourth-order valence-corrected chi connectivity index (χ4v) is 6.03. The Kier molecular flexibility index (Phi) is 7.46. The van der Waals surface area contributed by atoms with Crippen molar-refractivity contribution < 1.29 is 8.78 Å². The topological polar surface area (TPSA) is 75.0 Å². The van der Waals surface area contributed by atoms with E-state index in [1.54, 1.807) is 6.07 Å². The third kappa shape index (κ3) is 5.42. The van der Waals surface area contributed by atoms with E-state index in [0.29, 0.717) is 22.4 Å². The fraction of sp³-hybridized carbons (Fsp3) is 0.467. The van der Waals surface area contributed by atoms with E-state index >= 15 is 8.78 Å². The number of nitrogens with one attached hydrogen (secondary N) is 1. The van der Waals surface area contributed by atoms with Crippen molar-refractivity contribution in [3.63, 3.8) is 0 Å². The molecule has 4 aromatic rings. The van der Waals surface area contributed by atoms with Gasteiger partial charge in [-0.1, -0.05) is 25.3 Å². The van der Waals surface area contributed by atoms with Crippen LogP contribution in [0.15, 0.2) is 30.5 Å². The van der Waals surface area contributed by atoms with E-state index in [4.69, 9.17) is 4.98 Å². The molecule has 40 heavy (non-hydrogen) atoms. The predicted octanol–water partition coefficient (Wildman–Crippen LogP) is 5.64. The Morgan fingerprint density at radius 3 is 2.65 bits per heavy atom. The van der Waals surface area contributed by atoms with Crippen molar-refractivity contribution >= 4 is 22.8 Å². The van der Waals surface area contributed by atoms with Crippen LogP contribution >= 0.6 is 0 Å². The molecule has 210 valence electrons. The maximum Gasteiger partial charge on any atom is 0.229 e. The van der Waals surface area contributed by atoms with Gasteiger partial charge in [-0.25, -0.2) is 28.7 Å². The molecular weight excluding hydrogens is 510 g/mol. The lowest BCUT2D eigenvalue weighted by Crippen LogP contribution is -2.36. The average molecular weight is 547 g/mol. The molecule has 10 heteroatoms. The van der Waals surface area contributed by atoms with E-state index in [9.17, 15) is 0 Å². The number of hydrogen-bond acceptors (Lipinski definition) is 7. The van der Waals surface area contributed by atoms with Gasteiger partial charge in [0.05, 0.1) is 11.7 Å². The minimum Gasteiger partial charge on any atom is -0.325 e. The van der Waals surface area contributed by atoms with Crippen molar-refractivity contribution in [3.8, 4) is 11.3 Å². The van der Waals surface area contributed by atoms with Crippen LogP contribution in [0, 0.1) is 18.6 Å². The lowest BCUT2D eigenvalue weighted by atomic mass is 9.95. The summed E-state index contributed by atoms with van der Waals surface area (Å²) >= 11 is 0. The molecule has 0 spiro atoms. The largest absolute Gasteiger partial charge is 0.325 e. The van der Waals surface area contributed by atoms with E-state index in [0.717, 1.165) is 76.0 Å². The molecule has 0 atom stereocenters. The molecule has 8 nitrogen and oxygen atoms in total. The number of rotatable bonds is 7. The first-order chi connectivity index (χ1) is 19.4. The second kappa shape index (κ2) is 11.2. The summed E-state index contributed by atoms with van der Waals surface area (Å²) in [6.07, 6.45) is 7.57. The van der Waals surface area contributed by atoms with E-state index in [2.05, 4.69) is 54.8 Å². The number of benzene rings is 1. The highest BCUT2D eigenvalue weighted by Gasteiger charge is 2.23. The van der Waals surface area contributed by atoms with Gasteiger partial charge in [-0.3, -0.25) is 4.90 Å². The Morgan fingerprint density at radius 2 is 1.85 bits per heavy atom. The van der Waals surface area contributed by atoms with Crippen LogP contribution in [0.25, 0.3) is 22.3 Å². The Bertz CT molecular complexity index is 1530. The average Bonchev–Trinajstić information content (AvgIpc) is 3.29. The Balaban J connectivity index is 1.26. The summed E-state index contributed by atoms with van der Waals surface area (Å²) in [5.41, 5.74) is 3.67. The number of halogens is 2. The zero-order valence-corrected chi connectivity index (χ0v) is 23.4. The number of hydrogen-bond donors (Lipinski definition) is 1. The van der Waals surface area contributed by atoms with Crippen LogP contribution in [0.2, 0.25) is 0 Å². The molecule has 2 aliphatic rings. The highest BCUT2D eigenvalue weighted by molar-refractivity contribution is 5.83. The lowest BCUT2D eigenvalue weighted by Gasteiger charge is -2.29. The lowest BCUT2D eigenvalue weighted by molar-refractivity contribution is 0.224. The molecule has 0 saturated heterocycles. The molecular formula is C30H36F2N8. The Labute approximate surface area is 233 Å². The number of nitrogens with zero attached hydrogens (tertiary/aromatic N) is 7. The Morgan fingerprint density at radius 1 is 1.02 bits per heavy atom. The molecule has 1 aliphatic carbocycles. The van der Waals surface area contributed by atoms with Crippen molar-refractivity contribution in [2.75, 3.05) is 39.0 Å². The number of pyridine rings is 1. The molecule has 0 unspecified atom stereocenters. The number of likely N-dealkylation sites (N-methyl/N-ethyl adjacent to an activating group) is 1. The maximum absolute atomic E-state index is 15.3. The summed E-state index contributed by atoms with van der Waals surface area (Å²) in [5.74, 6) is 0.507. The molecule has 1 aromatic carbocycles. The minimum atomic E-state index is -0.610. The minimum absolute atomic E-state index is 0.0434. The number of aromatic nitrogens is 5. The van der Waals surface area contributed by atoms with Crippen LogP contribution in [0.4, 0.5) is 20.5 Å². The van der Waals surface area contributed by atoms with Gasteiger partial charge in [0, 0.05) is 49.9 Å². The van der Waals surface area contributed by atoms with Gasteiger partial charge >= 0.3 is 0 Å². The first-order valence-electron chi connectivity index (χ1n) is 14.2. The summed E-state index contributed by atoms with van der Waals surface area (Å²) in [6, 6.07) is 7.37. The van der Waals surface area contributed by atoms with E-state index in [1.165, 1.54) is 18.1 Å². The number of imidazole rings is 1. The first kappa shape index (κ1) is 26.7. The van der Waals surface area contributed by atoms with Crippen molar-refractivity contribution in [2.45, 2.75) is 58.0 Å². The van der Waals surface area contributed by atoms with Crippen LogP contribution in [-0.4, -0.2) is 68.0 Å². The van der Waals surface area contributed by atoms with Gasteiger partial charge in [0.2, 0.25) is 5.95 Å². The van der Waals surface area contributed by atoms with E-state index in [-0.39, 0.29) is 17.7 Å². The third-order valence-corrected chi connectivity index (χ3v) is 8.11. The second-order valence-electron chi connectivity index (χ2n) is 11.3. The summed E-state index contributed by atoms with van der Waals surface area (Å²) in [5, 5.41) is 3.13. The number of anilines is 2. The molecule has 6 rings (SSSR count). The van der Waals surface area contributed by atoms with E-state index in [1.807, 2.05) is 13.0 Å². The Hall–Kier alpha value is -3.50. The number of aryl methyl sites for hydroxylation is 1. The van der Waals surface area contributed by atoms with Gasteiger partial charge in [0.25, 0.3) is 0 Å². The molecule has 0 radical (unpaired) electrons. The van der Waals surface area contributed by atoms with Crippen molar-refractivity contribution in [1.82, 2.24) is 34.3 Å². The summed E-state index contributed by atoms with van der Waals surface area (Å²) in [4.78, 5) is 22.5. The van der Waals surface area contributed by atoms with Crippen LogP contribution < -0.4 is 5.32 Å². The highest BCUT2D eigenvalue weighted by Crippen LogP contribution is 2.35. The van der Waals surface area contributed by atoms with Crippen LogP contribution in [0.3, 0.4) is 0 Å². The summed E-state index contributed by atoms with van der Waals surface area (Å²) in [6.45, 7) is 5.78. The molecule has 3 aromatic heterocycles. The fourth-order valence-electron chi connectivity index (χ4n) is 6.03. The zero-order chi connectivity index (χ0) is 27.8.